The van der Waals surface area contributed by atoms with E-state index in [-0.39, 0.29) is 17.3 Å². The van der Waals surface area contributed by atoms with E-state index < -0.39 is 4.92 Å². The molecule has 3 rings (SSSR count). The van der Waals surface area contributed by atoms with E-state index in [9.17, 15) is 14.9 Å². The van der Waals surface area contributed by atoms with Crippen molar-refractivity contribution in [3.05, 3.63) is 64.0 Å². The molecule has 1 saturated heterocycles. The first kappa shape index (κ1) is 18.8. The Labute approximate surface area is 157 Å². The summed E-state index contributed by atoms with van der Waals surface area (Å²) in [6.45, 7) is 5.55. The van der Waals surface area contributed by atoms with Gasteiger partial charge in [-0.25, -0.2) is 0 Å². The highest BCUT2D eigenvalue weighted by atomic mass is 16.6. The van der Waals surface area contributed by atoms with E-state index in [1.807, 2.05) is 18.3 Å². The van der Waals surface area contributed by atoms with Gasteiger partial charge in [0, 0.05) is 56.7 Å². The number of pyridine rings is 1. The number of piperazine rings is 1. The monoisotopic (exact) mass is 370 g/mol. The van der Waals surface area contributed by atoms with Crippen LogP contribution in [-0.4, -0.2) is 58.4 Å². The van der Waals surface area contributed by atoms with Gasteiger partial charge in [0.05, 0.1) is 11.5 Å². The van der Waals surface area contributed by atoms with Crippen LogP contribution in [0.5, 0.6) is 5.75 Å². The van der Waals surface area contributed by atoms with Crippen molar-refractivity contribution in [3.63, 3.8) is 0 Å². The van der Waals surface area contributed by atoms with Gasteiger partial charge in [0.1, 0.15) is 0 Å². The van der Waals surface area contributed by atoms with Crippen LogP contribution >= 0.6 is 0 Å². The molecule has 1 aliphatic rings. The molecule has 8 nitrogen and oxygen atoms in total. The van der Waals surface area contributed by atoms with Crippen molar-refractivity contribution in [2.24, 2.45) is 0 Å². The highest BCUT2D eigenvalue weighted by Crippen LogP contribution is 2.28. The van der Waals surface area contributed by atoms with Crippen LogP contribution in [0.25, 0.3) is 0 Å². The van der Waals surface area contributed by atoms with Gasteiger partial charge in [0.15, 0.2) is 5.75 Å². The second-order valence-electron chi connectivity index (χ2n) is 6.30. The third kappa shape index (κ3) is 4.59. The Hall–Kier alpha value is -3.00. The Morgan fingerprint density at radius 2 is 2.04 bits per heavy atom. The Bertz CT molecular complexity index is 805. The predicted octanol–water partition coefficient (Wildman–Crippen LogP) is 2.35. The van der Waals surface area contributed by atoms with Crippen molar-refractivity contribution in [2.45, 2.75) is 13.5 Å². The average Bonchev–Trinajstić information content (AvgIpc) is 2.69. The number of aromatic nitrogens is 1. The van der Waals surface area contributed by atoms with Gasteiger partial charge in [-0.2, -0.15) is 0 Å². The van der Waals surface area contributed by atoms with E-state index >= 15 is 0 Å². The fourth-order valence-electron chi connectivity index (χ4n) is 3.11. The molecule has 0 bridgehead atoms. The SMILES string of the molecule is CCOc1ccc(C(=O)N2CCN(Cc3cccnc3)CC2)cc1[N+](=O)[O-]. The van der Waals surface area contributed by atoms with Crippen molar-refractivity contribution in [1.29, 1.82) is 0 Å². The van der Waals surface area contributed by atoms with Crippen LogP contribution in [0.2, 0.25) is 0 Å². The summed E-state index contributed by atoms with van der Waals surface area (Å²) in [5, 5.41) is 11.3. The lowest BCUT2D eigenvalue weighted by atomic mass is 10.1. The van der Waals surface area contributed by atoms with Crippen LogP contribution in [0.1, 0.15) is 22.8 Å². The molecular weight excluding hydrogens is 348 g/mol. The van der Waals surface area contributed by atoms with Gasteiger partial charge < -0.3 is 9.64 Å². The molecule has 2 aromatic rings. The predicted molar refractivity (Wildman–Crippen MR) is 99.7 cm³/mol. The summed E-state index contributed by atoms with van der Waals surface area (Å²) in [5.41, 5.74) is 1.27. The minimum Gasteiger partial charge on any atom is -0.487 e. The molecule has 1 aromatic heterocycles. The van der Waals surface area contributed by atoms with E-state index in [0.29, 0.717) is 25.3 Å². The summed E-state index contributed by atoms with van der Waals surface area (Å²) in [6, 6.07) is 8.32. The zero-order valence-corrected chi connectivity index (χ0v) is 15.2. The van der Waals surface area contributed by atoms with Gasteiger partial charge in [0.25, 0.3) is 5.91 Å². The number of amides is 1. The van der Waals surface area contributed by atoms with Crippen LogP contribution in [0.15, 0.2) is 42.7 Å². The molecular formula is C19H22N4O4. The molecule has 0 saturated carbocycles. The number of nitro benzene ring substituents is 1. The molecule has 1 aromatic carbocycles. The number of benzene rings is 1. The Morgan fingerprint density at radius 3 is 2.67 bits per heavy atom. The quantitative estimate of drug-likeness (QED) is 0.573. The lowest BCUT2D eigenvalue weighted by Gasteiger charge is -2.34. The summed E-state index contributed by atoms with van der Waals surface area (Å²) in [7, 11) is 0. The number of hydrogen-bond donors (Lipinski definition) is 0. The van der Waals surface area contributed by atoms with E-state index in [1.54, 1.807) is 24.1 Å². The number of carbonyl (C=O) groups is 1. The summed E-state index contributed by atoms with van der Waals surface area (Å²) in [4.78, 5) is 31.6. The fraction of sp³-hybridized carbons (Fsp3) is 0.368. The van der Waals surface area contributed by atoms with Crippen molar-refractivity contribution in [1.82, 2.24) is 14.8 Å². The van der Waals surface area contributed by atoms with Crippen LogP contribution in [0.3, 0.4) is 0 Å². The zero-order chi connectivity index (χ0) is 19.2. The minimum absolute atomic E-state index is 0.181. The van der Waals surface area contributed by atoms with Crippen molar-refractivity contribution in [2.75, 3.05) is 32.8 Å². The largest absolute Gasteiger partial charge is 0.487 e. The highest BCUT2D eigenvalue weighted by molar-refractivity contribution is 5.95. The first-order valence-electron chi connectivity index (χ1n) is 8.90. The molecule has 0 unspecified atom stereocenters. The van der Waals surface area contributed by atoms with Gasteiger partial charge >= 0.3 is 5.69 Å². The maximum Gasteiger partial charge on any atom is 0.311 e. The third-order valence-corrected chi connectivity index (χ3v) is 4.49. The van der Waals surface area contributed by atoms with Crippen LogP contribution < -0.4 is 4.74 Å². The van der Waals surface area contributed by atoms with Gasteiger partial charge in [-0.05, 0) is 30.7 Å². The minimum atomic E-state index is -0.520. The molecule has 1 aliphatic heterocycles. The van der Waals surface area contributed by atoms with Crippen LogP contribution in [0, 0.1) is 10.1 Å². The van der Waals surface area contributed by atoms with E-state index in [2.05, 4.69) is 9.88 Å². The zero-order valence-electron chi connectivity index (χ0n) is 15.2. The number of rotatable bonds is 6. The molecule has 8 heteroatoms. The highest BCUT2D eigenvalue weighted by Gasteiger charge is 2.25. The third-order valence-electron chi connectivity index (χ3n) is 4.49. The molecule has 0 spiro atoms. The second kappa shape index (κ2) is 8.59. The van der Waals surface area contributed by atoms with Crippen molar-refractivity contribution < 1.29 is 14.5 Å². The Balaban J connectivity index is 1.63. The molecule has 1 amide bonds. The first-order chi connectivity index (χ1) is 13.1. The molecule has 0 radical (unpaired) electrons. The lowest BCUT2D eigenvalue weighted by Crippen LogP contribution is -2.48. The Kier molecular flexibility index (Phi) is 5.97. The number of nitro groups is 1. The van der Waals surface area contributed by atoms with Gasteiger partial charge in [-0.3, -0.25) is 24.8 Å². The topological polar surface area (TPSA) is 88.8 Å². The normalized spacial score (nSPS) is 14.8. The number of ether oxygens (including phenoxy) is 1. The molecule has 142 valence electrons. The van der Waals surface area contributed by atoms with Gasteiger partial charge in [0.2, 0.25) is 0 Å². The lowest BCUT2D eigenvalue weighted by molar-refractivity contribution is -0.385. The van der Waals surface area contributed by atoms with Crippen LogP contribution in [0.4, 0.5) is 5.69 Å². The Morgan fingerprint density at radius 1 is 1.26 bits per heavy atom. The standard InChI is InChI=1S/C19H22N4O4/c1-2-27-18-6-5-16(12-17(18)23(25)26)19(24)22-10-8-21(9-11-22)14-15-4-3-7-20-13-15/h3-7,12-13H,2,8-11,14H2,1H3. The van der Waals surface area contributed by atoms with Gasteiger partial charge in [-0.15, -0.1) is 0 Å². The van der Waals surface area contributed by atoms with Crippen molar-refractivity contribution in [3.8, 4) is 5.75 Å². The summed E-state index contributed by atoms with van der Waals surface area (Å²) < 4.78 is 5.27. The second-order valence-corrected chi connectivity index (χ2v) is 6.30. The smallest absolute Gasteiger partial charge is 0.311 e. The molecule has 0 N–H and O–H groups in total. The van der Waals surface area contributed by atoms with Crippen LogP contribution in [-0.2, 0) is 6.54 Å². The average molecular weight is 370 g/mol. The summed E-state index contributed by atoms with van der Waals surface area (Å²) in [6.07, 6.45) is 3.59. The molecule has 0 atom stereocenters. The maximum absolute atomic E-state index is 12.7. The number of carbonyl (C=O) groups excluding carboxylic acids is 1. The summed E-state index contributed by atoms with van der Waals surface area (Å²) >= 11 is 0. The number of nitrogens with zero attached hydrogens (tertiary/aromatic N) is 4. The maximum atomic E-state index is 12.7. The first-order valence-corrected chi connectivity index (χ1v) is 8.90. The fourth-order valence-corrected chi connectivity index (χ4v) is 3.11. The van der Waals surface area contributed by atoms with E-state index in [4.69, 9.17) is 4.74 Å². The molecule has 2 heterocycles. The van der Waals surface area contributed by atoms with E-state index in [0.717, 1.165) is 25.2 Å². The van der Waals surface area contributed by atoms with Gasteiger partial charge in [-0.1, -0.05) is 6.07 Å². The van der Waals surface area contributed by atoms with E-state index in [1.165, 1.54) is 12.1 Å². The molecule has 1 fully saturated rings. The van der Waals surface area contributed by atoms with Crippen molar-refractivity contribution >= 4 is 11.6 Å². The summed E-state index contributed by atoms with van der Waals surface area (Å²) in [5.74, 6) is -0.0116. The molecule has 0 aliphatic carbocycles. The molecule has 27 heavy (non-hydrogen) atoms. The number of hydrogen-bond acceptors (Lipinski definition) is 6.